The third-order valence-electron chi connectivity index (χ3n) is 2.80. The molecule has 0 aliphatic rings. The van der Waals surface area contributed by atoms with E-state index >= 15 is 0 Å². The number of aryl methyl sites for hydroxylation is 1. The number of hydrogen-bond acceptors (Lipinski definition) is 1. The van der Waals surface area contributed by atoms with Crippen LogP contribution in [0.15, 0.2) is 40.9 Å². The molecule has 0 aliphatic carbocycles. The van der Waals surface area contributed by atoms with Gasteiger partial charge in [0.1, 0.15) is 17.7 Å². The van der Waals surface area contributed by atoms with Crippen LogP contribution >= 0.6 is 15.9 Å². The number of rotatable bonds is 2. The molecule has 0 spiro atoms. The van der Waals surface area contributed by atoms with Crippen LogP contribution in [-0.2, 0) is 0 Å². The summed E-state index contributed by atoms with van der Waals surface area (Å²) in [6, 6.07) is 8.74. The van der Waals surface area contributed by atoms with E-state index in [9.17, 15) is 13.9 Å². The van der Waals surface area contributed by atoms with Gasteiger partial charge in [0.15, 0.2) is 0 Å². The molecule has 0 fully saturated rings. The van der Waals surface area contributed by atoms with Crippen molar-refractivity contribution in [3.8, 4) is 0 Å². The normalized spacial score (nSPS) is 12.5. The van der Waals surface area contributed by atoms with Crippen molar-refractivity contribution in [3.05, 3.63) is 69.2 Å². The summed E-state index contributed by atoms with van der Waals surface area (Å²) in [6.45, 7) is 1.68. The Bertz CT molecular complexity index is 584. The van der Waals surface area contributed by atoms with Crippen molar-refractivity contribution < 1.29 is 13.9 Å². The molecule has 94 valence electrons. The lowest BCUT2D eigenvalue weighted by molar-refractivity contribution is 0.214. The standard InChI is InChI=1S/C14H11BrF2O/c1-8-7-9(16)5-6-10(8)14(18)11-3-2-4-12(15)13(11)17/h2-7,14,18H,1H3. The van der Waals surface area contributed by atoms with Crippen molar-refractivity contribution in [2.24, 2.45) is 0 Å². The average Bonchev–Trinajstić information content (AvgIpc) is 2.32. The molecule has 2 aromatic carbocycles. The van der Waals surface area contributed by atoms with Crippen molar-refractivity contribution in [3.63, 3.8) is 0 Å². The minimum absolute atomic E-state index is 0.166. The molecule has 0 aliphatic heterocycles. The number of benzene rings is 2. The number of aliphatic hydroxyl groups excluding tert-OH is 1. The molecule has 0 saturated heterocycles. The molecule has 2 aromatic rings. The highest BCUT2D eigenvalue weighted by atomic mass is 79.9. The number of aliphatic hydroxyl groups is 1. The van der Waals surface area contributed by atoms with Crippen LogP contribution < -0.4 is 0 Å². The van der Waals surface area contributed by atoms with Crippen LogP contribution in [0.2, 0.25) is 0 Å². The van der Waals surface area contributed by atoms with Crippen LogP contribution in [0.1, 0.15) is 22.8 Å². The second-order valence-corrected chi connectivity index (χ2v) is 4.90. The first-order chi connectivity index (χ1) is 8.50. The SMILES string of the molecule is Cc1cc(F)ccc1C(O)c1cccc(Br)c1F. The van der Waals surface area contributed by atoms with Crippen molar-refractivity contribution in [2.75, 3.05) is 0 Å². The smallest absolute Gasteiger partial charge is 0.143 e. The maximum absolute atomic E-state index is 13.9. The molecule has 1 atom stereocenters. The monoisotopic (exact) mass is 312 g/mol. The Balaban J connectivity index is 2.48. The molecular formula is C14H11BrF2O. The molecule has 1 N–H and O–H groups in total. The quantitative estimate of drug-likeness (QED) is 0.884. The zero-order chi connectivity index (χ0) is 13.3. The molecule has 4 heteroatoms. The van der Waals surface area contributed by atoms with Gasteiger partial charge in [-0.05, 0) is 52.2 Å². The fourth-order valence-electron chi connectivity index (χ4n) is 1.85. The molecule has 0 amide bonds. The van der Waals surface area contributed by atoms with Crippen LogP contribution in [0.4, 0.5) is 8.78 Å². The first-order valence-corrected chi connectivity index (χ1v) is 6.18. The summed E-state index contributed by atoms with van der Waals surface area (Å²) >= 11 is 3.07. The van der Waals surface area contributed by atoms with E-state index in [4.69, 9.17) is 0 Å². The van der Waals surface area contributed by atoms with Crippen molar-refractivity contribution in [2.45, 2.75) is 13.0 Å². The third-order valence-corrected chi connectivity index (χ3v) is 3.41. The molecule has 0 saturated carbocycles. The Morgan fingerprint density at radius 2 is 1.83 bits per heavy atom. The van der Waals surface area contributed by atoms with Gasteiger partial charge >= 0.3 is 0 Å². The van der Waals surface area contributed by atoms with Crippen molar-refractivity contribution in [1.82, 2.24) is 0 Å². The van der Waals surface area contributed by atoms with Gasteiger partial charge in [-0.3, -0.25) is 0 Å². The molecule has 18 heavy (non-hydrogen) atoms. The Labute approximate surface area is 112 Å². The van der Waals surface area contributed by atoms with Gasteiger partial charge in [0.05, 0.1) is 4.47 Å². The van der Waals surface area contributed by atoms with Crippen LogP contribution in [0.25, 0.3) is 0 Å². The molecule has 0 radical (unpaired) electrons. The molecular weight excluding hydrogens is 302 g/mol. The summed E-state index contributed by atoms with van der Waals surface area (Å²) in [5.74, 6) is -0.883. The minimum Gasteiger partial charge on any atom is -0.384 e. The van der Waals surface area contributed by atoms with E-state index in [1.54, 1.807) is 19.1 Å². The second-order valence-electron chi connectivity index (χ2n) is 4.05. The minimum atomic E-state index is -1.11. The summed E-state index contributed by atoms with van der Waals surface area (Å²) in [7, 11) is 0. The van der Waals surface area contributed by atoms with Gasteiger partial charge in [0.25, 0.3) is 0 Å². The highest BCUT2D eigenvalue weighted by Crippen LogP contribution is 2.30. The Hall–Kier alpha value is -1.26. The van der Waals surface area contributed by atoms with Gasteiger partial charge in [0, 0.05) is 5.56 Å². The lowest BCUT2D eigenvalue weighted by Crippen LogP contribution is -2.05. The fraction of sp³-hybridized carbons (Fsp3) is 0.143. The van der Waals surface area contributed by atoms with E-state index in [1.807, 2.05) is 0 Å². The molecule has 0 heterocycles. The summed E-state index contributed by atoms with van der Waals surface area (Å²) in [5.41, 5.74) is 1.24. The van der Waals surface area contributed by atoms with Crippen LogP contribution in [0.3, 0.4) is 0 Å². The Kier molecular flexibility index (Phi) is 3.78. The summed E-state index contributed by atoms with van der Waals surface area (Å²) in [5, 5.41) is 10.2. The first-order valence-electron chi connectivity index (χ1n) is 5.38. The predicted octanol–water partition coefficient (Wildman–Crippen LogP) is 4.12. The van der Waals surface area contributed by atoms with E-state index in [0.29, 0.717) is 15.6 Å². The maximum atomic E-state index is 13.9. The van der Waals surface area contributed by atoms with Crippen LogP contribution in [0, 0.1) is 18.6 Å². The Morgan fingerprint density at radius 1 is 1.11 bits per heavy atom. The van der Waals surface area contributed by atoms with Crippen LogP contribution in [0.5, 0.6) is 0 Å². The Morgan fingerprint density at radius 3 is 2.50 bits per heavy atom. The lowest BCUT2D eigenvalue weighted by atomic mass is 9.97. The van der Waals surface area contributed by atoms with Gasteiger partial charge in [-0.15, -0.1) is 0 Å². The van der Waals surface area contributed by atoms with E-state index in [1.165, 1.54) is 24.3 Å². The van der Waals surface area contributed by atoms with E-state index in [0.717, 1.165) is 0 Å². The summed E-state index contributed by atoms with van der Waals surface area (Å²) in [6.07, 6.45) is -1.11. The zero-order valence-corrected chi connectivity index (χ0v) is 11.2. The highest BCUT2D eigenvalue weighted by Gasteiger charge is 2.18. The van der Waals surface area contributed by atoms with Gasteiger partial charge in [-0.25, -0.2) is 8.78 Å². The molecule has 0 bridgehead atoms. The molecule has 1 unspecified atom stereocenters. The number of halogens is 3. The van der Waals surface area contributed by atoms with Crippen molar-refractivity contribution >= 4 is 15.9 Å². The predicted molar refractivity (Wildman–Crippen MR) is 69.3 cm³/mol. The fourth-order valence-corrected chi connectivity index (χ4v) is 2.23. The second kappa shape index (κ2) is 5.16. The first kappa shape index (κ1) is 13.2. The molecule has 1 nitrogen and oxygen atoms in total. The van der Waals surface area contributed by atoms with E-state index < -0.39 is 11.9 Å². The molecule has 2 rings (SSSR count). The zero-order valence-electron chi connectivity index (χ0n) is 9.62. The van der Waals surface area contributed by atoms with E-state index in [2.05, 4.69) is 15.9 Å². The highest BCUT2D eigenvalue weighted by molar-refractivity contribution is 9.10. The van der Waals surface area contributed by atoms with E-state index in [-0.39, 0.29) is 11.4 Å². The van der Waals surface area contributed by atoms with Gasteiger partial charge in [0.2, 0.25) is 0 Å². The summed E-state index contributed by atoms with van der Waals surface area (Å²) in [4.78, 5) is 0. The van der Waals surface area contributed by atoms with Gasteiger partial charge in [-0.2, -0.15) is 0 Å². The number of hydrogen-bond donors (Lipinski definition) is 1. The molecule has 0 aromatic heterocycles. The lowest BCUT2D eigenvalue weighted by Gasteiger charge is -2.15. The summed E-state index contributed by atoms with van der Waals surface area (Å²) < 4.78 is 27.2. The van der Waals surface area contributed by atoms with Crippen LogP contribution in [-0.4, -0.2) is 5.11 Å². The topological polar surface area (TPSA) is 20.2 Å². The largest absolute Gasteiger partial charge is 0.384 e. The van der Waals surface area contributed by atoms with Gasteiger partial charge < -0.3 is 5.11 Å². The third kappa shape index (κ3) is 2.44. The maximum Gasteiger partial charge on any atom is 0.143 e. The van der Waals surface area contributed by atoms with Crippen molar-refractivity contribution in [1.29, 1.82) is 0 Å². The average molecular weight is 313 g/mol. The van der Waals surface area contributed by atoms with Gasteiger partial charge in [-0.1, -0.05) is 18.2 Å².